The second-order valence-corrected chi connectivity index (χ2v) is 10.6. The van der Waals surface area contributed by atoms with Crippen molar-refractivity contribution >= 4 is 21.6 Å². The van der Waals surface area contributed by atoms with Crippen LogP contribution in [0, 0.1) is 25.2 Å². The highest BCUT2D eigenvalue weighted by molar-refractivity contribution is 7.90. The van der Waals surface area contributed by atoms with Gasteiger partial charge in [-0.3, -0.25) is 14.3 Å². The summed E-state index contributed by atoms with van der Waals surface area (Å²) in [5.41, 5.74) is 3.76. The summed E-state index contributed by atoms with van der Waals surface area (Å²) in [6.45, 7) is 5.78. The Hall–Kier alpha value is -3.61. The molecule has 1 amide bonds. The van der Waals surface area contributed by atoms with Crippen molar-refractivity contribution in [1.82, 2.24) is 9.47 Å². The molecule has 0 radical (unpaired) electrons. The van der Waals surface area contributed by atoms with Crippen molar-refractivity contribution in [3.8, 4) is 17.5 Å². The molecule has 2 aromatic carbocycles. The molecule has 184 valence electrons. The Balaban J connectivity index is 1.83. The summed E-state index contributed by atoms with van der Waals surface area (Å²) in [5.74, 6) is 0.869. The van der Waals surface area contributed by atoms with Gasteiger partial charge in [-0.15, -0.1) is 0 Å². The summed E-state index contributed by atoms with van der Waals surface area (Å²) in [4.78, 5) is 15.2. The number of carbonyl (C=O) groups excluding carboxylic acids is 1. The minimum Gasteiger partial charge on any atom is -0.497 e. The van der Waals surface area contributed by atoms with Gasteiger partial charge < -0.3 is 10.1 Å². The monoisotopic (exact) mass is 494 g/mol. The minimum atomic E-state index is -3.27. The molecule has 1 heterocycles. The lowest BCUT2D eigenvalue weighted by atomic mass is 10.1. The molecule has 0 aliphatic rings. The van der Waals surface area contributed by atoms with Crippen LogP contribution in [0.2, 0.25) is 0 Å². The van der Waals surface area contributed by atoms with Crippen LogP contribution in [-0.4, -0.2) is 50.7 Å². The van der Waals surface area contributed by atoms with E-state index in [1.54, 1.807) is 31.4 Å². The Morgan fingerprint density at radius 1 is 1.14 bits per heavy atom. The number of benzene rings is 2. The van der Waals surface area contributed by atoms with Crippen LogP contribution < -0.4 is 10.1 Å². The first kappa shape index (κ1) is 26.0. The first-order valence-corrected chi connectivity index (χ1v) is 12.9. The maximum Gasteiger partial charge on any atom is 0.239 e. The van der Waals surface area contributed by atoms with Gasteiger partial charge in [-0.25, -0.2) is 8.42 Å². The number of nitrogens with zero attached hydrogens (tertiary/aromatic N) is 3. The normalized spacial score (nSPS) is 12.3. The summed E-state index contributed by atoms with van der Waals surface area (Å²) in [6.07, 6.45) is 1.17. The number of nitrogens with one attached hydrogen (secondary N) is 1. The summed E-state index contributed by atoms with van der Waals surface area (Å²) in [5, 5.41) is 12.7. The Morgan fingerprint density at radius 2 is 1.74 bits per heavy atom. The summed E-state index contributed by atoms with van der Waals surface area (Å²) in [6, 6.07) is 16.1. The summed E-state index contributed by atoms with van der Waals surface area (Å²) < 4.78 is 30.5. The number of nitriles is 1. The number of likely N-dealkylation sites (N-methyl/N-ethyl adjacent to an activating group) is 1. The molecule has 0 aliphatic carbocycles. The van der Waals surface area contributed by atoms with Gasteiger partial charge in [-0.2, -0.15) is 5.26 Å². The molecule has 1 aromatic heterocycles. The van der Waals surface area contributed by atoms with E-state index in [1.807, 2.05) is 61.6 Å². The first-order valence-electron chi connectivity index (χ1n) is 11.0. The lowest BCUT2D eigenvalue weighted by Crippen LogP contribution is -2.32. The summed E-state index contributed by atoms with van der Waals surface area (Å²) in [7, 11) is 0.141. The topological polar surface area (TPSA) is 104 Å². The highest BCUT2D eigenvalue weighted by atomic mass is 32.2. The number of ether oxygens (including phenoxy) is 1. The molecule has 1 unspecified atom stereocenters. The molecule has 0 aliphatic heterocycles. The Kier molecular flexibility index (Phi) is 7.68. The number of hydrogen-bond acceptors (Lipinski definition) is 6. The molecule has 9 heteroatoms. The first-order chi connectivity index (χ1) is 16.5. The van der Waals surface area contributed by atoms with Crippen LogP contribution >= 0.6 is 0 Å². The number of amides is 1. The van der Waals surface area contributed by atoms with E-state index >= 15 is 0 Å². The van der Waals surface area contributed by atoms with Crippen LogP contribution in [0.15, 0.2) is 53.4 Å². The zero-order chi connectivity index (χ0) is 25.9. The van der Waals surface area contributed by atoms with Gasteiger partial charge in [0.2, 0.25) is 5.91 Å². The van der Waals surface area contributed by atoms with Gasteiger partial charge in [-0.05, 0) is 75.3 Å². The van der Waals surface area contributed by atoms with Crippen LogP contribution in [0.1, 0.15) is 35.3 Å². The highest BCUT2D eigenvalue weighted by Gasteiger charge is 2.22. The fourth-order valence-corrected chi connectivity index (χ4v) is 4.53. The molecule has 0 fully saturated rings. The second kappa shape index (κ2) is 10.3. The number of anilines is 1. The van der Waals surface area contributed by atoms with Crippen LogP contribution in [0.25, 0.3) is 5.69 Å². The van der Waals surface area contributed by atoms with Crippen LogP contribution in [0.3, 0.4) is 0 Å². The minimum absolute atomic E-state index is 0.0751. The second-order valence-electron chi connectivity index (χ2n) is 8.56. The number of sulfone groups is 1. The van der Waals surface area contributed by atoms with Gasteiger partial charge in [-0.1, -0.05) is 12.1 Å². The maximum absolute atomic E-state index is 13.0. The highest BCUT2D eigenvalue weighted by Crippen LogP contribution is 2.31. The molecule has 0 saturated carbocycles. The molecule has 8 nitrogen and oxygen atoms in total. The third-order valence-corrected chi connectivity index (χ3v) is 7.39. The molecule has 35 heavy (non-hydrogen) atoms. The zero-order valence-corrected chi connectivity index (χ0v) is 21.6. The van der Waals surface area contributed by atoms with Crippen LogP contribution in [0.5, 0.6) is 5.75 Å². The molecule has 3 aromatic rings. The van der Waals surface area contributed by atoms with Gasteiger partial charge in [0.15, 0.2) is 9.84 Å². The van der Waals surface area contributed by atoms with E-state index in [0.717, 1.165) is 22.5 Å². The molecular formula is C26H30N4O4S. The largest absolute Gasteiger partial charge is 0.497 e. The van der Waals surface area contributed by atoms with Gasteiger partial charge in [0.05, 0.1) is 24.1 Å². The summed E-state index contributed by atoms with van der Waals surface area (Å²) >= 11 is 0. The maximum atomic E-state index is 13.0. The van der Waals surface area contributed by atoms with Crippen molar-refractivity contribution in [2.24, 2.45) is 0 Å². The molecular weight excluding hydrogens is 464 g/mol. The van der Waals surface area contributed by atoms with Gasteiger partial charge in [0.1, 0.15) is 17.6 Å². The molecule has 1 N–H and O–H groups in total. The van der Waals surface area contributed by atoms with E-state index in [1.165, 1.54) is 6.26 Å². The lowest BCUT2D eigenvalue weighted by Gasteiger charge is -2.25. The number of rotatable bonds is 8. The number of methoxy groups -OCH3 is 1. The number of carbonyl (C=O) groups is 1. The third kappa shape index (κ3) is 5.56. The van der Waals surface area contributed by atoms with E-state index in [9.17, 15) is 18.5 Å². The number of hydrogen-bond donors (Lipinski definition) is 1. The predicted molar refractivity (Wildman–Crippen MR) is 136 cm³/mol. The molecule has 3 rings (SSSR count). The van der Waals surface area contributed by atoms with Crippen molar-refractivity contribution in [1.29, 1.82) is 5.26 Å². The fourth-order valence-electron chi connectivity index (χ4n) is 3.90. The predicted octanol–water partition coefficient (Wildman–Crippen LogP) is 4.01. The van der Waals surface area contributed by atoms with Gasteiger partial charge in [0.25, 0.3) is 0 Å². The van der Waals surface area contributed by atoms with E-state index in [0.29, 0.717) is 17.1 Å². The zero-order valence-electron chi connectivity index (χ0n) is 20.8. The Morgan fingerprint density at radius 3 is 2.26 bits per heavy atom. The molecule has 0 bridgehead atoms. The SMILES string of the molecule is COc1ccc(-n2c(C)c(C)c(C#N)c2NC(=O)CN(C)C(C)c2ccc(S(C)(=O)=O)cc2)cc1. The van der Waals surface area contributed by atoms with Gasteiger partial charge in [0, 0.05) is 23.7 Å². The van der Waals surface area contributed by atoms with E-state index < -0.39 is 9.84 Å². The average molecular weight is 495 g/mol. The van der Waals surface area contributed by atoms with Crippen molar-refractivity contribution in [3.63, 3.8) is 0 Å². The van der Waals surface area contributed by atoms with E-state index in [4.69, 9.17) is 4.74 Å². The molecule has 0 spiro atoms. The standard InChI is InChI=1S/C26H30N4O4S/c1-17-18(2)30(21-9-11-22(34-5)12-10-21)26(24(17)15-27)28-25(31)16-29(4)19(3)20-7-13-23(14-8-20)35(6,32)33/h7-14,19H,16H2,1-6H3,(H,28,31). The Labute approximate surface area is 206 Å². The smallest absolute Gasteiger partial charge is 0.239 e. The van der Waals surface area contributed by atoms with Crippen molar-refractivity contribution < 1.29 is 17.9 Å². The van der Waals surface area contributed by atoms with Crippen molar-refractivity contribution in [2.75, 3.05) is 32.3 Å². The van der Waals surface area contributed by atoms with Crippen molar-refractivity contribution in [2.45, 2.75) is 31.7 Å². The lowest BCUT2D eigenvalue weighted by molar-refractivity contribution is -0.117. The van der Waals surface area contributed by atoms with Crippen LogP contribution in [-0.2, 0) is 14.6 Å². The molecule has 0 saturated heterocycles. The molecule has 1 atom stereocenters. The van der Waals surface area contributed by atoms with Crippen molar-refractivity contribution in [3.05, 3.63) is 70.9 Å². The number of aromatic nitrogens is 1. The Bertz CT molecular complexity index is 1370. The van der Waals surface area contributed by atoms with E-state index in [2.05, 4.69) is 11.4 Å². The van der Waals surface area contributed by atoms with E-state index in [-0.39, 0.29) is 23.4 Å². The quantitative estimate of drug-likeness (QED) is 0.507. The fraction of sp³-hybridized carbons (Fsp3) is 0.308. The third-order valence-electron chi connectivity index (χ3n) is 6.26. The van der Waals surface area contributed by atoms with Gasteiger partial charge >= 0.3 is 0 Å². The average Bonchev–Trinajstić information content (AvgIpc) is 3.06. The van der Waals surface area contributed by atoms with Crippen LogP contribution in [0.4, 0.5) is 5.82 Å².